The topological polar surface area (TPSA) is 26.3 Å². The summed E-state index contributed by atoms with van der Waals surface area (Å²) in [5.74, 6) is -0.126. The van der Waals surface area contributed by atoms with Gasteiger partial charge in [-0.05, 0) is 0 Å². The molecule has 0 N–H and O–H groups in total. The number of hydrogen-bond donors (Lipinski definition) is 0. The van der Waals surface area contributed by atoms with Crippen molar-refractivity contribution >= 4 is 17.7 Å². The van der Waals surface area contributed by atoms with Crippen molar-refractivity contribution in [1.29, 1.82) is 0 Å². The minimum atomic E-state index is -0.126. The van der Waals surface area contributed by atoms with Crippen LogP contribution in [0.1, 0.15) is 34.1 Å². The highest BCUT2D eigenvalue weighted by Crippen LogP contribution is 2.29. The molecule has 0 rings (SSSR count). The number of rotatable bonds is 3. The van der Waals surface area contributed by atoms with Crippen molar-refractivity contribution in [3.05, 3.63) is 0 Å². The van der Waals surface area contributed by atoms with Gasteiger partial charge >= 0.3 is 5.97 Å². The fourth-order valence-corrected chi connectivity index (χ4v) is 2.39. The van der Waals surface area contributed by atoms with Crippen LogP contribution in [0.4, 0.5) is 0 Å². The van der Waals surface area contributed by atoms with Crippen LogP contribution in [0.25, 0.3) is 0 Å². The van der Waals surface area contributed by atoms with Gasteiger partial charge in [0.15, 0.2) is 0 Å². The predicted molar refractivity (Wildman–Crippen MR) is 53.4 cm³/mol. The molecule has 0 aromatic carbocycles. The number of hydrogen-bond acceptors (Lipinski definition) is 3. The second kappa shape index (κ2) is 4.75. The van der Waals surface area contributed by atoms with Crippen molar-refractivity contribution in [3.63, 3.8) is 0 Å². The normalized spacial score (nSPS) is 14.1. The highest BCUT2D eigenvalue weighted by molar-refractivity contribution is 8.01. The molecule has 0 amide bonds. The van der Waals surface area contributed by atoms with Gasteiger partial charge in [-0.15, -0.1) is 0 Å². The Hall–Kier alpha value is -0.180. The van der Waals surface area contributed by atoms with Gasteiger partial charge in [-0.25, -0.2) is 0 Å². The molecule has 0 saturated heterocycles. The Morgan fingerprint density at radius 2 is 2.00 bits per heavy atom. The lowest BCUT2D eigenvalue weighted by atomic mass is 10.3. The van der Waals surface area contributed by atoms with Gasteiger partial charge < -0.3 is 4.74 Å². The van der Waals surface area contributed by atoms with Crippen molar-refractivity contribution in [3.8, 4) is 0 Å². The molecule has 72 valence electrons. The lowest BCUT2D eigenvalue weighted by molar-refractivity contribution is -0.140. The van der Waals surface area contributed by atoms with E-state index in [9.17, 15) is 4.79 Å². The first kappa shape index (κ1) is 11.8. The molecule has 0 saturated carbocycles. The van der Waals surface area contributed by atoms with E-state index < -0.39 is 0 Å². The van der Waals surface area contributed by atoms with Gasteiger partial charge in [0.2, 0.25) is 0 Å². The average molecular weight is 190 g/mol. The quantitative estimate of drug-likeness (QED) is 0.639. The van der Waals surface area contributed by atoms with E-state index in [-0.39, 0.29) is 10.7 Å². The molecule has 0 radical (unpaired) electrons. The Morgan fingerprint density at radius 3 is 2.33 bits per heavy atom. The van der Waals surface area contributed by atoms with E-state index in [4.69, 9.17) is 0 Å². The van der Waals surface area contributed by atoms with E-state index >= 15 is 0 Å². The number of carbonyl (C=O) groups is 1. The maximum atomic E-state index is 10.9. The summed E-state index contributed by atoms with van der Waals surface area (Å²) < 4.78 is 4.80. The monoisotopic (exact) mass is 190 g/mol. The maximum Gasteiger partial charge on any atom is 0.306 e. The summed E-state index contributed by atoms with van der Waals surface area (Å²) in [5.41, 5.74) is 0. The fraction of sp³-hybridized carbons (Fsp3) is 0.889. The molecule has 0 aliphatic carbocycles. The van der Waals surface area contributed by atoms with Crippen LogP contribution in [0.2, 0.25) is 0 Å². The van der Waals surface area contributed by atoms with E-state index in [1.54, 1.807) is 11.8 Å². The van der Waals surface area contributed by atoms with Gasteiger partial charge in [0.25, 0.3) is 0 Å². The molecule has 0 heterocycles. The van der Waals surface area contributed by atoms with Crippen molar-refractivity contribution in [2.24, 2.45) is 0 Å². The standard InChI is InChI=1S/C9H18O2S/c1-7(6-8(10)11-5)12-9(2,3)4/h7H,6H2,1-5H3. The summed E-state index contributed by atoms with van der Waals surface area (Å²) in [7, 11) is 1.43. The molecule has 0 aromatic heterocycles. The molecule has 3 heteroatoms. The van der Waals surface area contributed by atoms with Crippen molar-refractivity contribution < 1.29 is 9.53 Å². The summed E-state index contributed by atoms with van der Waals surface area (Å²) in [5, 5.41) is 0.331. The molecule has 0 bridgehead atoms. The second-order valence-electron chi connectivity index (χ2n) is 3.82. The number of esters is 1. The van der Waals surface area contributed by atoms with Crippen molar-refractivity contribution in [2.75, 3.05) is 7.11 Å². The van der Waals surface area contributed by atoms with E-state index in [0.717, 1.165) is 0 Å². The van der Waals surface area contributed by atoms with Crippen molar-refractivity contribution in [1.82, 2.24) is 0 Å². The molecule has 0 aliphatic rings. The SMILES string of the molecule is COC(=O)CC(C)SC(C)(C)C. The molecular formula is C9H18O2S. The molecule has 2 nitrogen and oxygen atoms in total. The molecule has 1 unspecified atom stereocenters. The first-order valence-corrected chi connectivity index (χ1v) is 4.98. The smallest absolute Gasteiger partial charge is 0.306 e. The lowest BCUT2D eigenvalue weighted by Crippen LogP contribution is -2.16. The maximum absolute atomic E-state index is 10.9. The molecule has 0 aliphatic heterocycles. The minimum Gasteiger partial charge on any atom is -0.469 e. The Labute approximate surface area is 79.1 Å². The Morgan fingerprint density at radius 1 is 1.50 bits per heavy atom. The number of thioether (sulfide) groups is 1. The molecule has 0 fully saturated rings. The van der Waals surface area contributed by atoms with Crippen LogP contribution in [0, 0.1) is 0 Å². The highest BCUT2D eigenvalue weighted by atomic mass is 32.2. The van der Waals surface area contributed by atoms with E-state index in [2.05, 4.69) is 25.5 Å². The van der Waals surface area contributed by atoms with Gasteiger partial charge in [0, 0.05) is 10.00 Å². The molecular weight excluding hydrogens is 172 g/mol. The van der Waals surface area contributed by atoms with Crippen molar-refractivity contribution in [2.45, 2.75) is 44.1 Å². The summed E-state index contributed by atoms with van der Waals surface area (Å²) in [6.45, 7) is 8.48. The van der Waals surface area contributed by atoms with Gasteiger partial charge in [0.1, 0.15) is 0 Å². The Balaban J connectivity index is 3.74. The first-order chi connectivity index (χ1) is 5.35. The second-order valence-corrected chi connectivity index (χ2v) is 6.09. The minimum absolute atomic E-state index is 0.126. The summed E-state index contributed by atoms with van der Waals surface area (Å²) in [6, 6.07) is 0. The third-order valence-electron chi connectivity index (χ3n) is 1.24. The van der Waals surface area contributed by atoms with Crippen LogP contribution in [-0.4, -0.2) is 23.1 Å². The lowest BCUT2D eigenvalue weighted by Gasteiger charge is -2.21. The van der Waals surface area contributed by atoms with Crippen LogP contribution < -0.4 is 0 Å². The van der Waals surface area contributed by atoms with Crippen LogP contribution >= 0.6 is 11.8 Å². The summed E-state index contributed by atoms with van der Waals surface area (Å²) in [4.78, 5) is 10.9. The first-order valence-electron chi connectivity index (χ1n) is 4.10. The van der Waals surface area contributed by atoms with Crippen LogP contribution in [0.3, 0.4) is 0 Å². The highest BCUT2D eigenvalue weighted by Gasteiger charge is 2.18. The zero-order chi connectivity index (χ0) is 9.78. The molecule has 0 spiro atoms. The summed E-state index contributed by atoms with van der Waals surface area (Å²) >= 11 is 1.80. The molecule has 12 heavy (non-hydrogen) atoms. The number of methoxy groups -OCH3 is 1. The fourth-order valence-electron chi connectivity index (χ4n) is 0.963. The van der Waals surface area contributed by atoms with Gasteiger partial charge in [-0.3, -0.25) is 4.79 Å². The zero-order valence-electron chi connectivity index (χ0n) is 8.51. The zero-order valence-corrected chi connectivity index (χ0v) is 9.33. The largest absolute Gasteiger partial charge is 0.469 e. The van der Waals surface area contributed by atoms with Gasteiger partial charge in [-0.1, -0.05) is 27.7 Å². The molecule has 1 atom stereocenters. The number of ether oxygens (including phenoxy) is 1. The third-order valence-corrected chi connectivity index (χ3v) is 2.51. The van der Waals surface area contributed by atoms with E-state index in [0.29, 0.717) is 11.7 Å². The van der Waals surface area contributed by atoms with Crippen LogP contribution in [-0.2, 0) is 9.53 Å². The average Bonchev–Trinajstić information content (AvgIpc) is 1.82. The molecule has 0 aromatic rings. The van der Waals surface area contributed by atoms with Gasteiger partial charge in [0.05, 0.1) is 13.5 Å². The predicted octanol–water partition coefficient (Wildman–Crippen LogP) is 2.47. The van der Waals surface area contributed by atoms with Gasteiger partial charge in [-0.2, -0.15) is 11.8 Å². The van der Waals surface area contributed by atoms with E-state index in [1.807, 2.05) is 6.92 Å². The Bertz CT molecular complexity index is 149. The van der Waals surface area contributed by atoms with E-state index in [1.165, 1.54) is 7.11 Å². The number of carbonyl (C=O) groups excluding carboxylic acids is 1. The van der Waals surface area contributed by atoms with Crippen LogP contribution in [0.5, 0.6) is 0 Å². The third kappa shape index (κ3) is 6.53. The Kier molecular flexibility index (Phi) is 4.68. The van der Waals surface area contributed by atoms with Crippen LogP contribution in [0.15, 0.2) is 0 Å². The summed E-state index contributed by atoms with van der Waals surface area (Å²) in [6.07, 6.45) is 0.498.